The molecule has 0 bridgehead atoms. The lowest BCUT2D eigenvalue weighted by Crippen LogP contribution is -2.19. The summed E-state index contributed by atoms with van der Waals surface area (Å²) >= 11 is 2.90. The number of allylic oxidation sites excluding steroid dienone is 1. The van der Waals surface area contributed by atoms with E-state index in [0.29, 0.717) is 38.7 Å². The Bertz CT molecular complexity index is 403. The van der Waals surface area contributed by atoms with Gasteiger partial charge in [0.2, 0.25) is 0 Å². The summed E-state index contributed by atoms with van der Waals surface area (Å²) in [5.41, 5.74) is 0. The zero-order chi connectivity index (χ0) is 25.0. The van der Waals surface area contributed by atoms with Crippen LogP contribution < -0.4 is 0 Å². The van der Waals surface area contributed by atoms with E-state index < -0.39 is 15.7 Å². The number of hydrogen-bond acceptors (Lipinski definition) is 8. The molecular weight excluding hydrogens is 510 g/mol. The maximum atomic E-state index is 11.8. The first-order chi connectivity index (χ1) is 14.7. The van der Waals surface area contributed by atoms with E-state index in [1.807, 2.05) is 41.3 Å². The Labute approximate surface area is 199 Å². The lowest BCUT2D eigenvalue weighted by Gasteiger charge is -2.19. The number of carbonyl (C=O) groups is 1. The molecule has 0 aliphatic carbocycles. The zero-order valence-electron chi connectivity index (χ0n) is 20.5. The molecule has 11 heteroatoms. The number of hydrogen-bond donors (Lipinski definition) is 1. The molecule has 0 amide bonds. The Kier molecular flexibility index (Phi) is 40.4. The summed E-state index contributed by atoms with van der Waals surface area (Å²) in [6, 6.07) is 0. The molecule has 31 heavy (non-hydrogen) atoms. The fraction of sp³-hybridized carbons (Fsp3) is 0.850. The van der Waals surface area contributed by atoms with E-state index >= 15 is 0 Å². The van der Waals surface area contributed by atoms with Gasteiger partial charge in [0.1, 0.15) is 6.29 Å². The standard InChI is InChI=1S/C10H23O4P.C5H13O2P.C3H3BrO.C2H6O/c1-5-12-10(13-6-2)8-9-15(4,11)14-7-3;1-4-6-8(3)7-5-2;4-2-1-3-5;1-2-3/h10H,5-9H2,1-4H3;4-5H2,1-3H3;1-3H;3H,2H2,1H3/b;;2-1+;. The first-order valence-corrected chi connectivity index (χ1v) is 15.2. The third-order valence-corrected chi connectivity index (χ3v) is 6.08. The Morgan fingerprint density at radius 3 is 1.68 bits per heavy atom. The van der Waals surface area contributed by atoms with Crippen LogP contribution >= 0.6 is 31.7 Å². The number of carbonyl (C=O) groups excluding carboxylic acids is 1. The van der Waals surface area contributed by atoms with Crippen LogP contribution in [0, 0.1) is 0 Å². The summed E-state index contributed by atoms with van der Waals surface area (Å²) < 4.78 is 37.9. The second-order valence-corrected chi connectivity index (χ2v) is 9.99. The summed E-state index contributed by atoms with van der Waals surface area (Å²) in [5.74, 6) is 0. The Hall–Kier alpha value is 0.310. The molecule has 0 aliphatic heterocycles. The lowest BCUT2D eigenvalue weighted by atomic mass is 10.5. The normalized spacial score (nSPS) is 12.3. The largest absolute Gasteiger partial charge is 0.397 e. The van der Waals surface area contributed by atoms with Gasteiger partial charge in [-0.3, -0.25) is 9.36 Å². The van der Waals surface area contributed by atoms with Crippen LogP contribution in [-0.4, -0.2) is 76.8 Å². The maximum Gasteiger partial charge on any atom is 0.200 e. The van der Waals surface area contributed by atoms with Crippen molar-refractivity contribution in [2.75, 3.05) is 59.1 Å². The van der Waals surface area contributed by atoms with Gasteiger partial charge in [-0.25, -0.2) is 0 Å². The van der Waals surface area contributed by atoms with E-state index in [-0.39, 0.29) is 12.9 Å². The van der Waals surface area contributed by atoms with Gasteiger partial charge in [0.25, 0.3) is 0 Å². The average Bonchev–Trinajstić information content (AvgIpc) is 2.69. The van der Waals surface area contributed by atoms with Crippen LogP contribution in [0.4, 0.5) is 0 Å². The van der Waals surface area contributed by atoms with Crippen LogP contribution in [0.1, 0.15) is 48.0 Å². The monoisotopic (exact) mass is 554 g/mol. The van der Waals surface area contributed by atoms with Gasteiger partial charge < -0.3 is 28.2 Å². The summed E-state index contributed by atoms with van der Waals surface area (Å²) in [4.78, 5) is 10.8. The highest BCUT2D eigenvalue weighted by Crippen LogP contribution is 2.43. The molecule has 1 N–H and O–H groups in total. The molecule has 1 atom stereocenters. The first kappa shape index (κ1) is 38.6. The smallest absolute Gasteiger partial charge is 0.200 e. The van der Waals surface area contributed by atoms with Gasteiger partial charge in [0, 0.05) is 45.7 Å². The van der Waals surface area contributed by atoms with Crippen LogP contribution in [0.25, 0.3) is 0 Å². The molecule has 0 saturated carbocycles. The topological polar surface area (TPSA) is 101 Å². The van der Waals surface area contributed by atoms with Gasteiger partial charge in [-0.05, 0) is 52.6 Å². The molecule has 0 radical (unpaired) electrons. The predicted octanol–water partition coefficient (Wildman–Crippen LogP) is 5.81. The quantitative estimate of drug-likeness (QED) is 0.124. The van der Waals surface area contributed by atoms with Crippen LogP contribution in [0.3, 0.4) is 0 Å². The van der Waals surface area contributed by atoms with E-state index in [9.17, 15) is 9.36 Å². The van der Waals surface area contributed by atoms with Gasteiger partial charge in [-0.15, -0.1) is 0 Å². The molecule has 8 nitrogen and oxygen atoms in total. The fourth-order valence-corrected chi connectivity index (χ4v) is 3.98. The van der Waals surface area contributed by atoms with Gasteiger partial charge in [0.05, 0.1) is 19.8 Å². The number of halogens is 1. The SMILES string of the molecule is CCO.CCOC(CCP(C)(=O)OCC)OCC.CCOP(C)OCC.O=C/C=C/Br. The highest BCUT2D eigenvalue weighted by Gasteiger charge is 2.18. The summed E-state index contributed by atoms with van der Waals surface area (Å²) in [6.45, 7) is 18.4. The van der Waals surface area contributed by atoms with Crippen molar-refractivity contribution in [1.29, 1.82) is 0 Å². The average molecular weight is 555 g/mol. The van der Waals surface area contributed by atoms with Crippen molar-refractivity contribution in [1.82, 2.24) is 0 Å². The van der Waals surface area contributed by atoms with E-state index in [1.165, 1.54) is 11.1 Å². The fourth-order valence-electron chi connectivity index (χ4n) is 1.69. The molecular formula is C20H45BrO8P2. The number of aliphatic hydroxyl groups excluding tert-OH is 1. The highest BCUT2D eigenvalue weighted by molar-refractivity contribution is 9.11. The molecule has 1 unspecified atom stereocenters. The third-order valence-electron chi connectivity index (χ3n) is 2.65. The Balaban J connectivity index is -0.000000190. The zero-order valence-corrected chi connectivity index (χ0v) is 23.9. The molecule has 0 fully saturated rings. The first-order valence-electron chi connectivity index (χ1n) is 10.4. The van der Waals surface area contributed by atoms with Crippen molar-refractivity contribution in [2.24, 2.45) is 0 Å². The summed E-state index contributed by atoms with van der Waals surface area (Å²) in [7, 11) is -3.03. The number of rotatable bonds is 14. The molecule has 190 valence electrons. The van der Waals surface area contributed by atoms with Crippen molar-refractivity contribution in [3.8, 4) is 0 Å². The van der Waals surface area contributed by atoms with Crippen LogP contribution in [0.2, 0.25) is 0 Å². The van der Waals surface area contributed by atoms with Gasteiger partial charge in [-0.2, -0.15) is 0 Å². The summed E-state index contributed by atoms with van der Waals surface area (Å²) in [5, 5.41) is 7.57. The van der Waals surface area contributed by atoms with Crippen LogP contribution in [0.15, 0.2) is 11.1 Å². The Morgan fingerprint density at radius 1 is 0.968 bits per heavy atom. The second-order valence-electron chi connectivity index (χ2n) is 5.33. The number of ether oxygens (including phenoxy) is 2. The van der Waals surface area contributed by atoms with Crippen molar-refractivity contribution in [3.63, 3.8) is 0 Å². The van der Waals surface area contributed by atoms with Crippen molar-refractivity contribution < 1.29 is 37.5 Å². The second kappa shape index (κ2) is 32.5. The van der Waals surface area contributed by atoms with Crippen LogP contribution in [-0.2, 0) is 32.4 Å². The van der Waals surface area contributed by atoms with Crippen molar-refractivity contribution >= 4 is 38.0 Å². The van der Waals surface area contributed by atoms with Gasteiger partial charge in [-0.1, -0.05) is 15.9 Å². The van der Waals surface area contributed by atoms with Crippen molar-refractivity contribution in [2.45, 2.75) is 54.3 Å². The van der Waals surface area contributed by atoms with Gasteiger partial charge in [0.15, 0.2) is 22.0 Å². The number of aliphatic hydroxyl groups is 1. The predicted molar refractivity (Wildman–Crippen MR) is 135 cm³/mol. The molecule has 0 saturated heterocycles. The Morgan fingerprint density at radius 2 is 1.42 bits per heavy atom. The molecule has 0 aromatic rings. The molecule has 0 heterocycles. The molecule has 0 aromatic heterocycles. The third kappa shape index (κ3) is 41.1. The minimum atomic E-state index is -2.45. The van der Waals surface area contributed by atoms with Crippen LogP contribution in [0.5, 0.6) is 0 Å². The van der Waals surface area contributed by atoms with E-state index in [4.69, 9.17) is 28.2 Å². The van der Waals surface area contributed by atoms with Gasteiger partial charge >= 0.3 is 0 Å². The molecule has 0 rings (SSSR count). The molecule has 0 spiro atoms. The van der Waals surface area contributed by atoms with E-state index in [0.717, 1.165) is 13.2 Å². The van der Waals surface area contributed by atoms with E-state index in [1.54, 1.807) is 13.6 Å². The lowest BCUT2D eigenvalue weighted by molar-refractivity contribution is -0.136. The number of aldehydes is 1. The highest BCUT2D eigenvalue weighted by atomic mass is 79.9. The van der Waals surface area contributed by atoms with E-state index in [2.05, 4.69) is 15.9 Å². The maximum absolute atomic E-state index is 11.8. The minimum absolute atomic E-state index is 0.250. The molecule has 0 aliphatic rings. The molecule has 0 aromatic carbocycles. The summed E-state index contributed by atoms with van der Waals surface area (Å²) in [6.07, 6.45) is 2.93. The minimum Gasteiger partial charge on any atom is -0.397 e. The van der Waals surface area contributed by atoms with Crippen molar-refractivity contribution in [3.05, 3.63) is 11.1 Å².